The van der Waals surface area contributed by atoms with Gasteiger partial charge in [0.25, 0.3) is 0 Å². The Kier molecular flexibility index (Phi) is 10.2. The van der Waals surface area contributed by atoms with E-state index in [1.54, 1.807) is 6.92 Å². The average molecular weight is 403 g/mol. The lowest BCUT2D eigenvalue weighted by molar-refractivity contribution is -0.145. The number of benzene rings is 1. The van der Waals surface area contributed by atoms with Crippen LogP contribution in [0.4, 0.5) is 4.79 Å². The van der Waals surface area contributed by atoms with E-state index in [2.05, 4.69) is 10.6 Å². The first-order chi connectivity index (χ1) is 13.8. The lowest BCUT2D eigenvalue weighted by Crippen LogP contribution is -2.52. The third kappa shape index (κ3) is 9.10. The largest absolute Gasteiger partial charge is 0.467 e. The van der Waals surface area contributed by atoms with E-state index >= 15 is 0 Å². The number of rotatable bonds is 10. The number of carbonyl (C=O) groups is 3. The second-order valence-electron chi connectivity index (χ2n) is 7.24. The van der Waals surface area contributed by atoms with Crippen molar-refractivity contribution < 1.29 is 23.9 Å². The average Bonchev–Trinajstić information content (AvgIpc) is 2.70. The van der Waals surface area contributed by atoms with E-state index < -0.39 is 36.0 Å². The molecule has 3 atom stereocenters. The van der Waals surface area contributed by atoms with Gasteiger partial charge in [-0.1, -0.05) is 44.2 Å². The third-order valence-corrected chi connectivity index (χ3v) is 4.14. The molecule has 0 aliphatic rings. The normalized spacial score (nSPS) is 13.5. The monoisotopic (exact) mass is 403 g/mol. The molecule has 1 aromatic rings. The summed E-state index contributed by atoms with van der Waals surface area (Å²) in [4.78, 5) is 36.8. The van der Waals surface area contributed by atoms with Gasteiger partial charge in [-0.15, -0.1) is 0 Å². The summed E-state index contributed by atoms with van der Waals surface area (Å²) in [6, 6.07) is 9.34. The molecule has 0 fully saturated rings. The Labute approximate surface area is 171 Å². The van der Waals surface area contributed by atoms with Gasteiger partial charge in [0.1, 0.15) is 18.7 Å². The van der Waals surface area contributed by atoms with E-state index in [1.165, 1.54) is 7.11 Å². The van der Waals surface area contributed by atoms with Gasteiger partial charge in [-0.2, -0.15) is 5.26 Å². The van der Waals surface area contributed by atoms with Gasteiger partial charge >= 0.3 is 12.1 Å². The lowest BCUT2D eigenvalue weighted by Gasteiger charge is -2.23. The number of alkyl carbamates (subject to hydrolysis) is 1. The molecule has 0 aliphatic carbocycles. The molecule has 0 aliphatic heterocycles. The first kappa shape index (κ1) is 24.0. The predicted octanol–water partition coefficient (Wildman–Crippen LogP) is 2.54. The van der Waals surface area contributed by atoms with Crippen LogP contribution in [-0.2, 0) is 25.7 Å². The summed E-state index contributed by atoms with van der Waals surface area (Å²) in [6.45, 7) is 5.54. The number of ether oxygens (including phenoxy) is 2. The van der Waals surface area contributed by atoms with Crippen molar-refractivity contribution in [2.24, 2.45) is 11.8 Å². The van der Waals surface area contributed by atoms with Crippen molar-refractivity contribution in [2.45, 2.75) is 52.3 Å². The minimum absolute atomic E-state index is 0.0765. The molecule has 158 valence electrons. The second-order valence-corrected chi connectivity index (χ2v) is 7.24. The lowest BCUT2D eigenvalue weighted by atomic mass is 10.0. The Morgan fingerprint density at radius 1 is 1.03 bits per heavy atom. The smallest absolute Gasteiger partial charge is 0.408 e. The van der Waals surface area contributed by atoms with Crippen LogP contribution in [0.1, 0.15) is 39.2 Å². The molecule has 1 aromatic carbocycles. The topological polar surface area (TPSA) is 118 Å². The number of nitrogens with one attached hydrogen (secondary N) is 2. The SMILES string of the molecule is COC(=O)[C@@H](C[C@H](C)C#N)NC(=O)[C@H](CC(C)C)NC(=O)OCc1ccccc1. The maximum absolute atomic E-state index is 12.7. The van der Waals surface area contributed by atoms with Crippen molar-refractivity contribution >= 4 is 18.0 Å². The molecule has 29 heavy (non-hydrogen) atoms. The Bertz CT molecular complexity index is 715. The summed E-state index contributed by atoms with van der Waals surface area (Å²) in [5, 5.41) is 14.1. The van der Waals surface area contributed by atoms with Crippen LogP contribution in [0, 0.1) is 23.2 Å². The molecule has 0 saturated carbocycles. The molecule has 1 rings (SSSR count). The van der Waals surface area contributed by atoms with Crippen molar-refractivity contribution in [3.63, 3.8) is 0 Å². The van der Waals surface area contributed by atoms with E-state index in [-0.39, 0.29) is 18.9 Å². The number of nitriles is 1. The van der Waals surface area contributed by atoms with Crippen molar-refractivity contribution in [1.29, 1.82) is 5.26 Å². The number of carbonyl (C=O) groups excluding carboxylic acids is 3. The number of amides is 2. The molecule has 2 amide bonds. The molecule has 0 spiro atoms. The van der Waals surface area contributed by atoms with Crippen LogP contribution >= 0.6 is 0 Å². The second kappa shape index (κ2) is 12.4. The van der Waals surface area contributed by atoms with E-state index in [9.17, 15) is 14.4 Å². The maximum Gasteiger partial charge on any atom is 0.408 e. The quantitative estimate of drug-likeness (QED) is 0.580. The van der Waals surface area contributed by atoms with Gasteiger partial charge in [-0.05, 0) is 31.2 Å². The van der Waals surface area contributed by atoms with Crippen molar-refractivity contribution in [1.82, 2.24) is 10.6 Å². The fourth-order valence-electron chi connectivity index (χ4n) is 2.64. The minimum Gasteiger partial charge on any atom is -0.467 e. The molecular formula is C21H29N3O5. The van der Waals surface area contributed by atoms with Crippen LogP contribution in [0.3, 0.4) is 0 Å². The third-order valence-electron chi connectivity index (χ3n) is 4.14. The molecule has 8 heteroatoms. The van der Waals surface area contributed by atoms with Crippen LogP contribution in [0.25, 0.3) is 0 Å². The highest BCUT2D eigenvalue weighted by atomic mass is 16.5. The van der Waals surface area contributed by atoms with E-state index in [1.807, 2.05) is 50.2 Å². The highest BCUT2D eigenvalue weighted by Crippen LogP contribution is 2.10. The summed E-state index contributed by atoms with van der Waals surface area (Å²) in [7, 11) is 1.21. The zero-order valence-electron chi connectivity index (χ0n) is 17.3. The zero-order chi connectivity index (χ0) is 21.8. The zero-order valence-corrected chi connectivity index (χ0v) is 17.3. The highest BCUT2D eigenvalue weighted by molar-refractivity contribution is 5.89. The van der Waals surface area contributed by atoms with Crippen LogP contribution < -0.4 is 10.6 Å². The first-order valence-electron chi connectivity index (χ1n) is 9.51. The van der Waals surface area contributed by atoms with E-state index in [4.69, 9.17) is 14.7 Å². The van der Waals surface area contributed by atoms with Crippen molar-refractivity contribution in [2.75, 3.05) is 7.11 Å². The standard InChI is InChI=1S/C21H29N3O5/c1-14(2)10-17(24-21(27)29-13-16-8-6-5-7-9-16)19(25)23-18(20(26)28-4)11-15(3)12-22/h5-9,14-15,17-18H,10-11,13H2,1-4H3,(H,23,25)(H,24,27)/t15-,17-,18+/m0/s1. The van der Waals surface area contributed by atoms with E-state index in [0.29, 0.717) is 6.42 Å². The fraction of sp³-hybridized carbons (Fsp3) is 0.524. The fourth-order valence-corrected chi connectivity index (χ4v) is 2.64. The molecule has 0 radical (unpaired) electrons. The molecular weight excluding hydrogens is 374 g/mol. The van der Waals surface area contributed by atoms with Crippen LogP contribution in [-0.4, -0.2) is 37.2 Å². The van der Waals surface area contributed by atoms with Crippen LogP contribution in [0.15, 0.2) is 30.3 Å². The van der Waals surface area contributed by atoms with Gasteiger partial charge in [-0.3, -0.25) is 4.79 Å². The summed E-state index contributed by atoms with van der Waals surface area (Å²) >= 11 is 0. The molecule has 0 heterocycles. The molecule has 8 nitrogen and oxygen atoms in total. The maximum atomic E-state index is 12.7. The number of nitrogens with zero attached hydrogens (tertiary/aromatic N) is 1. The number of hydrogen-bond acceptors (Lipinski definition) is 6. The minimum atomic E-state index is -0.973. The van der Waals surface area contributed by atoms with E-state index in [0.717, 1.165) is 5.56 Å². The summed E-state index contributed by atoms with van der Waals surface area (Å²) in [5.41, 5.74) is 0.823. The summed E-state index contributed by atoms with van der Waals surface area (Å²) < 4.78 is 9.89. The molecule has 0 unspecified atom stereocenters. The first-order valence-corrected chi connectivity index (χ1v) is 9.51. The Morgan fingerprint density at radius 3 is 2.24 bits per heavy atom. The highest BCUT2D eigenvalue weighted by Gasteiger charge is 2.29. The van der Waals surface area contributed by atoms with Gasteiger partial charge < -0.3 is 20.1 Å². The van der Waals surface area contributed by atoms with Gasteiger partial charge in [0.15, 0.2) is 0 Å². The predicted molar refractivity (Wildman–Crippen MR) is 106 cm³/mol. The Balaban J connectivity index is 2.75. The molecule has 0 saturated heterocycles. The van der Waals surface area contributed by atoms with Gasteiger partial charge in [0, 0.05) is 5.92 Å². The number of esters is 1. The Morgan fingerprint density at radius 2 is 1.69 bits per heavy atom. The van der Waals surface area contributed by atoms with Crippen LogP contribution in [0.5, 0.6) is 0 Å². The van der Waals surface area contributed by atoms with Crippen molar-refractivity contribution in [3.8, 4) is 6.07 Å². The molecule has 0 aromatic heterocycles. The number of hydrogen-bond donors (Lipinski definition) is 2. The van der Waals surface area contributed by atoms with Gasteiger partial charge in [0.05, 0.1) is 13.2 Å². The summed E-state index contributed by atoms with van der Waals surface area (Å²) in [5.74, 6) is -1.52. The molecule has 2 N–H and O–H groups in total. The van der Waals surface area contributed by atoms with Crippen LogP contribution in [0.2, 0.25) is 0 Å². The van der Waals surface area contributed by atoms with Crippen molar-refractivity contribution in [3.05, 3.63) is 35.9 Å². The number of methoxy groups -OCH3 is 1. The van der Waals surface area contributed by atoms with Gasteiger partial charge in [-0.25, -0.2) is 9.59 Å². The Hall–Kier alpha value is -3.08. The molecule has 0 bridgehead atoms. The van der Waals surface area contributed by atoms with Gasteiger partial charge in [0.2, 0.25) is 5.91 Å². The summed E-state index contributed by atoms with van der Waals surface area (Å²) in [6.07, 6.45) is -0.259.